The number of carbonyl (C=O) groups is 1. The van der Waals surface area contributed by atoms with Crippen molar-refractivity contribution in [3.63, 3.8) is 0 Å². The van der Waals surface area contributed by atoms with E-state index >= 15 is 0 Å². The molecular weight excluding hydrogens is 290 g/mol. The normalized spacial score (nSPS) is 23.1. The Labute approximate surface area is 131 Å². The van der Waals surface area contributed by atoms with Crippen molar-refractivity contribution >= 4 is 18.3 Å². The van der Waals surface area contributed by atoms with Crippen LogP contribution in [0.4, 0.5) is 0 Å². The highest BCUT2D eigenvalue weighted by molar-refractivity contribution is 5.94. The Hall–Kier alpha value is -1.07. The third kappa shape index (κ3) is 3.09. The Morgan fingerprint density at radius 3 is 2.86 bits per heavy atom. The fraction of sp³-hybridized carbons (Fsp3) is 0.733. The summed E-state index contributed by atoms with van der Waals surface area (Å²) in [5.74, 6) is 0.924. The molecule has 2 aliphatic rings. The monoisotopic (exact) mass is 313 g/mol. The Balaban J connectivity index is 0.00000161. The van der Waals surface area contributed by atoms with Crippen LogP contribution in [0.1, 0.15) is 60.8 Å². The third-order valence-electron chi connectivity index (χ3n) is 4.57. The molecule has 0 radical (unpaired) electrons. The number of halogens is 1. The summed E-state index contributed by atoms with van der Waals surface area (Å²) in [7, 11) is 0. The van der Waals surface area contributed by atoms with Crippen molar-refractivity contribution in [2.75, 3.05) is 6.54 Å². The van der Waals surface area contributed by atoms with Crippen LogP contribution in [-0.2, 0) is 12.8 Å². The Kier molecular flexibility index (Phi) is 5.27. The average Bonchev–Trinajstić information content (AvgIpc) is 2.90. The first-order chi connectivity index (χ1) is 9.68. The van der Waals surface area contributed by atoms with Crippen LogP contribution in [0.15, 0.2) is 4.52 Å². The van der Waals surface area contributed by atoms with Crippen LogP contribution in [0.2, 0.25) is 0 Å². The summed E-state index contributed by atoms with van der Waals surface area (Å²) < 4.78 is 5.37. The molecule has 2 unspecified atom stereocenters. The first-order valence-electron chi connectivity index (χ1n) is 7.72. The summed E-state index contributed by atoms with van der Waals surface area (Å²) in [6.07, 6.45) is 7.25. The molecule has 1 fully saturated rings. The minimum atomic E-state index is 0. The maximum absolute atomic E-state index is 12.8. The average molecular weight is 314 g/mol. The minimum absolute atomic E-state index is 0. The summed E-state index contributed by atoms with van der Waals surface area (Å²) in [6.45, 7) is 2.77. The number of likely N-dealkylation sites (tertiary alicyclic amines) is 1. The molecule has 0 saturated carbocycles. The van der Waals surface area contributed by atoms with Crippen LogP contribution in [0, 0.1) is 0 Å². The second kappa shape index (κ2) is 6.79. The number of carbonyl (C=O) groups excluding carboxylic acids is 1. The number of hydrogen-bond acceptors (Lipinski definition) is 4. The maximum atomic E-state index is 12.8. The molecule has 3 rings (SSSR count). The predicted octanol–water partition coefficient (Wildman–Crippen LogP) is 2.32. The van der Waals surface area contributed by atoms with Gasteiger partial charge in [-0.05, 0) is 45.4 Å². The molecule has 1 amide bonds. The van der Waals surface area contributed by atoms with Crippen LogP contribution in [-0.4, -0.2) is 34.6 Å². The van der Waals surface area contributed by atoms with Gasteiger partial charge in [-0.25, -0.2) is 0 Å². The van der Waals surface area contributed by atoms with Crippen molar-refractivity contribution in [1.29, 1.82) is 0 Å². The Morgan fingerprint density at radius 1 is 1.33 bits per heavy atom. The van der Waals surface area contributed by atoms with Gasteiger partial charge in [-0.15, -0.1) is 12.4 Å². The summed E-state index contributed by atoms with van der Waals surface area (Å²) in [6, 6.07) is 0.133. The van der Waals surface area contributed by atoms with Crippen LogP contribution in [0.5, 0.6) is 0 Å². The van der Waals surface area contributed by atoms with Gasteiger partial charge in [0, 0.05) is 30.6 Å². The second-order valence-corrected chi connectivity index (χ2v) is 6.06. The van der Waals surface area contributed by atoms with Gasteiger partial charge in [0.2, 0.25) is 0 Å². The summed E-state index contributed by atoms with van der Waals surface area (Å²) in [4.78, 5) is 14.7. The van der Waals surface area contributed by atoms with E-state index in [1.165, 1.54) is 0 Å². The molecule has 1 aromatic heterocycles. The number of fused-ring (bicyclic) bond motifs is 1. The molecule has 0 spiro atoms. The molecule has 1 saturated heterocycles. The predicted molar refractivity (Wildman–Crippen MR) is 82.7 cm³/mol. The molecule has 0 bridgehead atoms. The fourth-order valence-electron chi connectivity index (χ4n) is 3.44. The number of aryl methyl sites for hydroxylation is 1. The van der Waals surface area contributed by atoms with Crippen LogP contribution in [0.3, 0.4) is 0 Å². The molecule has 2 N–H and O–H groups in total. The van der Waals surface area contributed by atoms with Crippen molar-refractivity contribution in [2.24, 2.45) is 5.73 Å². The van der Waals surface area contributed by atoms with Gasteiger partial charge >= 0.3 is 0 Å². The number of amides is 1. The molecule has 6 heteroatoms. The van der Waals surface area contributed by atoms with E-state index < -0.39 is 0 Å². The van der Waals surface area contributed by atoms with Gasteiger partial charge in [0.05, 0.1) is 0 Å². The summed E-state index contributed by atoms with van der Waals surface area (Å²) in [5, 5.41) is 4.06. The topological polar surface area (TPSA) is 72.4 Å². The van der Waals surface area contributed by atoms with Gasteiger partial charge in [-0.1, -0.05) is 5.16 Å². The van der Waals surface area contributed by atoms with Gasteiger partial charge < -0.3 is 15.2 Å². The molecule has 1 aromatic rings. The molecule has 118 valence electrons. The standard InChI is InChI=1S/C15H23N3O2.ClH/c1-10(16)12-7-4-5-9-18(12)15(19)14-11-6-2-3-8-13(11)20-17-14;/h10,12H,2-9,16H2,1H3;1H. The third-order valence-corrected chi connectivity index (χ3v) is 4.57. The molecule has 2 atom stereocenters. The molecular formula is C15H24ClN3O2. The summed E-state index contributed by atoms with van der Waals surface area (Å²) in [5.41, 5.74) is 7.62. The molecule has 2 heterocycles. The Morgan fingerprint density at radius 2 is 2.10 bits per heavy atom. The largest absolute Gasteiger partial charge is 0.360 e. The zero-order valence-electron chi connectivity index (χ0n) is 12.5. The Bertz CT molecular complexity index is 501. The molecule has 1 aliphatic heterocycles. The number of nitrogens with two attached hydrogens (primary N) is 1. The highest BCUT2D eigenvalue weighted by Crippen LogP contribution is 2.27. The SMILES string of the molecule is CC(N)C1CCCCN1C(=O)c1noc2c1CCCC2.Cl. The molecule has 0 aromatic carbocycles. The minimum Gasteiger partial charge on any atom is -0.360 e. The number of hydrogen-bond donors (Lipinski definition) is 1. The molecule has 5 nitrogen and oxygen atoms in total. The zero-order chi connectivity index (χ0) is 14.1. The highest BCUT2D eigenvalue weighted by Gasteiger charge is 2.33. The smallest absolute Gasteiger partial charge is 0.276 e. The number of aromatic nitrogens is 1. The van der Waals surface area contributed by atoms with Crippen LogP contribution < -0.4 is 5.73 Å². The van der Waals surface area contributed by atoms with E-state index in [0.29, 0.717) is 5.69 Å². The maximum Gasteiger partial charge on any atom is 0.276 e. The number of piperidine rings is 1. The quantitative estimate of drug-likeness (QED) is 0.909. The van der Waals surface area contributed by atoms with Gasteiger partial charge in [0.15, 0.2) is 5.69 Å². The first kappa shape index (κ1) is 16.3. The van der Waals surface area contributed by atoms with Crippen LogP contribution in [0.25, 0.3) is 0 Å². The van der Waals surface area contributed by atoms with Crippen molar-refractivity contribution in [1.82, 2.24) is 10.1 Å². The second-order valence-electron chi connectivity index (χ2n) is 6.06. The van der Waals surface area contributed by atoms with Crippen molar-refractivity contribution in [3.05, 3.63) is 17.0 Å². The summed E-state index contributed by atoms with van der Waals surface area (Å²) >= 11 is 0. The number of nitrogens with zero attached hydrogens (tertiary/aromatic N) is 2. The highest BCUT2D eigenvalue weighted by atomic mass is 35.5. The van der Waals surface area contributed by atoms with E-state index in [1.807, 2.05) is 11.8 Å². The van der Waals surface area contributed by atoms with E-state index in [-0.39, 0.29) is 30.4 Å². The lowest BCUT2D eigenvalue weighted by Gasteiger charge is -2.37. The first-order valence-corrected chi connectivity index (χ1v) is 7.72. The van der Waals surface area contributed by atoms with Crippen molar-refractivity contribution < 1.29 is 9.32 Å². The fourth-order valence-corrected chi connectivity index (χ4v) is 3.44. The van der Waals surface area contributed by atoms with E-state index in [4.69, 9.17) is 10.3 Å². The van der Waals surface area contributed by atoms with E-state index in [1.54, 1.807) is 0 Å². The lowest BCUT2D eigenvalue weighted by Crippen LogP contribution is -2.51. The van der Waals surface area contributed by atoms with Gasteiger partial charge in [-0.3, -0.25) is 4.79 Å². The lowest BCUT2D eigenvalue weighted by molar-refractivity contribution is 0.0572. The molecule has 1 aliphatic carbocycles. The van der Waals surface area contributed by atoms with Crippen LogP contribution >= 0.6 is 12.4 Å². The van der Waals surface area contributed by atoms with E-state index in [9.17, 15) is 4.79 Å². The number of rotatable bonds is 2. The van der Waals surface area contributed by atoms with Gasteiger partial charge in [0.25, 0.3) is 5.91 Å². The zero-order valence-corrected chi connectivity index (χ0v) is 13.3. The van der Waals surface area contributed by atoms with Crippen molar-refractivity contribution in [2.45, 2.75) is 64.0 Å². The van der Waals surface area contributed by atoms with Gasteiger partial charge in [-0.2, -0.15) is 0 Å². The van der Waals surface area contributed by atoms with E-state index in [0.717, 1.165) is 62.8 Å². The van der Waals surface area contributed by atoms with Crippen molar-refractivity contribution in [3.8, 4) is 0 Å². The van der Waals surface area contributed by atoms with Gasteiger partial charge in [0.1, 0.15) is 5.76 Å². The lowest BCUT2D eigenvalue weighted by atomic mass is 9.93. The van der Waals surface area contributed by atoms with E-state index in [2.05, 4.69) is 5.16 Å². The molecule has 21 heavy (non-hydrogen) atoms.